The molecule has 1 aromatic heterocycles. The highest BCUT2D eigenvalue weighted by molar-refractivity contribution is 5.80. The average molecular weight is 510 g/mol. The van der Waals surface area contributed by atoms with Gasteiger partial charge in [0.2, 0.25) is 5.95 Å². The number of rotatable bonds is 7. The molecule has 0 atom stereocenters. The second kappa shape index (κ2) is 12.2. The first-order valence-corrected chi connectivity index (χ1v) is 12.5. The third kappa shape index (κ3) is 6.25. The summed E-state index contributed by atoms with van der Waals surface area (Å²) in [7, 11) is 1.66. The molecule has 0 bridgehead atoms. The molecule has 6 N–H and O–H groups in total. The van der Waals surface area contributed by atoms with Gasteiger partial charge in [-0.2, -0.15) is 0 Å². The van der Waals surface area contributed by atoms with Gasteiger partial charge in [0.25, 0.3) is 0 Å². The topological polar surface area (TPSA) is 111 Å². The molecular formula is C31H35N5O2. The molecule has 0 aliphatic carbocycles. The van der Waals surface area contributed by atoms with Crippen LogP contribution in [0.2, 0.25) is 0 Å². The number of aryl methyl sites for hydroxylation is 2. The van der Waals surface area contributed by atoms with Crippen molar-refractivity contribution in [1.82, 2.24) is 9.55 Å². The fourth-order valence-corrected chi connectivity index (χ4v) is 4.23. The molecule has 7 heteroatoms. The van der Waals surface area contributed by atoms with Gasteiger partial charge in [0.05, 0.1) is 42.7 Å². The van der Waals surface area contributed by atoms with Crippen molar-refractivity contribution < 1.29 is 9.84 Å². The Morgan fingerprint density at radius 1 is 0.868 bits per heavy atom. The number of aliphatic hydroxyl groups is 1. The second-order valence-electron chi connectivity index (χ2n) is 9.20. The summed E-state index contributed by atoms with van der Waals surface area (Å²) < 4.78 is 7.29. The number of nitrogens with one attached hydrogen (secondary N) is 1. The maximum Gasteiger partial charge on any atom is 0.201 e. The number of aromatic nitrogens is 2. The SMILES string of the molecule is COc1ccc2nc(N)n(Cc3ccccc3C)c2c1.Cc1ccccc1CNc1cc(CO)ccc1N. The zero-order valence-electron chi connectivity index (χ0n) is 22.1. The van der Waals surface area contributed by atoms with Gasteiger partial charge in [-0.1, -0.05) is 54.6 Å². The highest BCUT2D eigenvalue weighted by atomic mass is 16.5. The van der Waals surface area contributed by atoms with Crippen LogP contribution >= 0.6 is 0 Å². The van der Waals surface area contributed by atoms with E-state index in [1.54, 1.807) is 7.11 Å². The van der Waals surface area contributed by atoms with Gasteiger partial charge in [-0.3, -0.25) is 0 Å². The van der Waals surface area contributed by atoms with E-state index in [4.69, 9.17) is 21.3 Å². The molecular weight excluding hydrogens is 474 g/mol. The Bertz CT molecular complexity index is 1530. The first-order valence-electron chi connectivity index (χ1n) is 12.5. The number of fused-ring (bicyclic) bond motifs is 1. The Kier molecular flexibility index (Phi) is 8.51. The lowest BCUT2D eigenvalue weighted by Gasteiger charge is -2.12. The zero-order chi connectivity index (χ0) is 27.1. The van der Waals surface area contributed by atoms with Crippen molar-refractivity contribution in [2.45, 2.75) is 33.5 Å². The number of hydrogen-bond acceptors (Lipinski definition) is 6. The molecule has 5 aromatic rings. The summed E-state index contributed by atoms with van der Waals surface area (Å²) in [5, 5.41) is 12.4. The Morgan fingerprint density at radius 2 is 1.55 bits per heavy atom. The van der Waals surface area contributed by atoms with Crippen LogP contribution in [0, 0.1) is 13.8 Å². The van der Waals surface area contributed by atoms with E-state index in [1.807, 2.05) is 65.2 Å². The lowest BCUT2D eigenvalue weighted by Crippen LogP contribution is -2.05. The normalized spacial score (nSPS) is 10.6. The molecule has 0 fully saturated rings. The van der Waals surface area contributed by atoms with Gasteiger partial charge in [0.15, 0.2) is 0 Å². The number of methoxy groups -OCH3 is 1. The second-order valence-corrected chi connectivity index (χ2v) is 9.20. The maximum atomic E-state index is 9.11. The summed E-state index contributed by atoms with van der Waals surface area (Å²) in [6.45, 7) is 5.66. The quantitative estimate of drug-likeness (QED) is 0.211. The number of hydrogen-bond donors (Lipinski definition) is 4. The van der Waals surface area contributed by atoms with E-state index in [1.165, 1.54) is 22.3 Å². The number of benzene rings is 4. The molecule has 0 aliphatic rings. The maximum absolute atomic E-state index is 9.11. The van der Waals surface area contributed by atoms with Crippen LogP contribution in [-0.4, -0.2) is 21.8 Å². The predicted octanol–water partition coefficient (Wildman–Crippen LogP) is 5.67. The number of imidazole rings is 1. The molecule has 0 amide bonds. The lowest BCUT2D eigenvalue weighted by molar-refractivity contribution is 0.282. The molecule has 5 rings (SSSR count). The molecule has 0 saturated heterocycles. The Balaban J connectivity index is 0.000000178. The van der Waals surface area contributed by atoms with Crippen LogP contribution in [0.5, 0.6) is 5.75 Å². The number of aliphatic hydroxyl groups excluding tert-OH is 1. The first-order chi connectivity index (χ1) is 18.4. The third-order valence-electron chi connectivity index (χ3n) is 6.61. The van der Waals surface area contributed by atoms with Crippen molar-refractivity contribution in [2.75, 3.05) is 23.9 Å². The minimum Gasteiger partial charge on any atom is -0.497 e. The van der Waals surface area contributed by atoms with Crippen LogP contribution < -0.4 is 21.5 Å². The molecule has 0 aliphatic heterocycles. The first kappa shape index (κ1) is 26.6. The van der Waals surface area contributed by atoms with Crippen molar-refractivity contribution >= 4 is 28.4 Å². The molecule has 38 heavy (non-hydrogen) atoms. The molecule has 4 aromatic carbocycles. The fourth-order valence-electron chi connectivity index (χ4n) is 4.23. The van der Waals surface area contributed by atoms with Crippen molar-refractivity contribution in [3.05, 3.63) is 113 Å². The van der Waals surface area contributed by atoms with Gasteiger partial charge >= 0.3 is 0 Å². The van der Waals surface area contributed by atoms with Crippen molar-refractivity contribution in [3.63, 3.8) is 0 Å². The van der Waals surface area contributed by atoms with E-state index < -0.39 is 0 Å². The molecule has 0 unspecified atom stereocenters. The monoisotopic (exact) mass is 509 g/mol. The number of anilines is 3. The van der Waals surface area contributed by atoms with Gasteiger partial charge in [-0.05, 0) is 65.9 Å². The van der Waals surface area contributed by atoms with Crippen molar-refractivity contribution in [2.24, 2.45) is 0 Å². The van der Waals surface area contributed by atoms with Crippen LogP contribution in [0.1, 0.15) is 27.8 Å². The zero-order valence-corrected chi connectivity index (χ0v) is 22.1. The fraction of sp³-hybridized carbons (Fsp3) is 0.194. The lowest BCUT2D eigenvalue weighted by atomic mass is 10.1. The van der Waals surface area contributed by atoms with Crippen LogP contribution in [0.25, 0.3) is 11.0 Å². The Hall–Kier alpha value is -4.49. The smallest absolute Gasteiger partial charge is 0.201 e. The van der Waals surface area contributed by atoms with Crippen LogP contribution in [-0.2, 0) is 19.7 Å². The van der Waals surface area contributed by atoms with Crippen LogP contribution in [0.4, 0.5) is 17.3 Å². The third-order valence-corrected chi connectivity index (χ3v) is 6.61. The van der Waals surface area contributed by atoms with Crippen molar-refractivity contribution in [3.8, 4) is 5.75 Å². The van der Waals surface area contributed by atoms with E-state index in [-0.39, 0.29) is 6.61 Å². The highest BCUT2D eigenvalue weighted by Crippen LogP contribution is 2.25. The molecule has 0 radical (unpaired) electrons. The van der Waals surface area contributed by atoms with E-state index in [9.17, 15) is 0 Å². The molecule has 196 valence electrons. The minimum atomic E-state index is 0.0271. The summed E-state index contributed by atoms with van der Waals surface area (Å²) in [5.41, 5.74) is 21.2. The highest BCUT2D eigenvalue weighted by Gasteiger charge is 2.10. The van der Waals surface area contributed by atoms with E-state index in [2.05, 4.69) is 48.4 Å². The standard InChI is InChI=1S/C16H17N3O.C15H18N2O/c1-11-5-3-4-6-12(11)10-19-15-9-13(20-2)7-8-14(15)18-16(19)17;1-11-4-2-3-5-13(11)9-17-15-8-12(10-18)6-7-14(15)16/h3-9H,10H2,1-2H3,(H2,17,18);2-8,17-18H,9-10,16H2,1H3. The van der Waals surface area contributed by atoms with E-state index in [0.29, 0.717) is 18.2 Å². The van der Waals surface area contributed by atoms with Gasteiger partial charge in [0, 0.05) is 12.6 Å². The van der Waals surface area contributed by atoms with E-state index in [0.717, 1.165) is 34.6 Å². The van der Waals surface area contributed by atoms with Gasteiger partial charge < -0.3 is 31.2 Å². The largest absolute Gasteiger partial charge is 0.497 e. The van der Waals surface area contributed by atoms with Crippen LogP contribution in [0.15, 0.2) is 84.9 Å². The Morgan fingerprint density at radius 3 is 2.21 bits per heavy atom. The summed E-state index contributed by atoms with van der Waals surface area (Å²) in [6, 6.07) is 27.8. The average Bonchev–Trinajstić information content (AvgIpc) is 3.24. The van der Waals surface area contributed by atoms with Gasteiger partial charge in [-0.15, -0.1) is 0 Å². The molecule has 1 heterocycles. The van der Waals surface area contributed by atoms with Gasteiger partial charge in [0.1, 0.15) is 5.75 Å². The molecule has 0 spiro atoms. The Labute approximate surface area is 223 Å². The summed E-state index contributed by atoms with van der Waals surface area (Å²) >= 11 is 0. The number of nitrogens with zero attached hydrogens (tertiary/aromatic N) is 2. The van der Waals surface area contributed by atoms with Crippen LogP contribution in [0.3, 0.4) is 0 Å². The molecule has 0 saturated carbocycles. The summed E-state index contributed by atoms with van der Waals surface area (Å²) in [4.78, 5) is 4.40. The van der Waals surface area contributed by atoms with Gasteiger partial charge in [-0.25, -0.2) is 4.98 Å². The summed E-state index contributed by atoms with van der Waals surface area (Å²) in [5.74, 6) is 1.33. The predicted molar refractivity (Wildman–Crippen MR) is 156 cm³/mol. The van der Waals surface area contributed by atoms with E-state index >= 15 is 0 Å². The summed E-state index contributed by atoms with van der Waals surface area (Å²) in [6.07, 6.45) is 0. The number of nitrogens with two attached hydrogens (primary N) is 2. The van der Waals surface area contributed by atoms with Crippen molar-refractivity contribution in [1.29, 1.82) is 0 Å². The number of ether oxygens (including phenoxy) is 1. The molecule has 7 nitrogen and oxygen atoms in total. The number of nitrogen functional groups attached to an aromatic ring is 2. The minimum absolute atomic E-state index is 0.0271.